The normalized spacial score (nSPS) is 17.2. The van der Waals surface area contributed by atoms with Crippen LogP contribution in [0.2, 0.25) is 0 Å². The van der Waals surface area contributed by atoms with Crippen molar-refractivity contribution in [3.8, 4) is 0 Å². The molecule has 2 aromatic rings. The van der Waals surface area contributed by atoms with E-state index in [2.05, 4.69) is 25.4 Å². The molecule has 8 nitrogen and oxygen atoms in total. The van der Waals surface area contributed by atoms with Crippen LogP contribution in [0.4, 0.5) is 5.82 Å². The number of amides is 1. The van der Waals surface area contributed by atoms with Gasteiger partial charge < -0.3 is 14.7 Å². The van der Waals surface area contributed by atoms with Crippen LogP contribution in [0.1, 0.15) is 42.6 Å². The van der Waals surface area contributed by atoms with Crippen LogP contribution < -0.4 is 5.32 Å². The lowest BCUT2D eigenvalue weighted by atomic mass is 9.99. The van der Waals surface area contributed by atoms with Crippen molar-refractivity contribution in [2.24, 2.45) is 0 Å². The van der Waals surface area contributed by atoms with Gasteiger partial charge in [-0.15, -0.1) is 0 Å². The summed E-state index contributed by atoms with van der Waals surface area (Å²) < 4.78 is 4.93. The van der Waals surface area contributed by atoms with E-state index in [0.29, 0.717) is 29.9 Å². The van der Waals surface area contributed by atoms with E-state index >= 15 is 0 Å². The average Bonchev–Trinajstić information content (AvgIpc) is 2.79. The number of carbonyl (C=O) groups is 1. The average molecular weight is 302 g/mol. The molecule has 2 aromatic heterocycles. The molecule has 0 saturated carbocycles. The molecule has 3 heterocycles. The van der Waals surface area contributed by atoms with Crippen molar-refractivity contribution in [1.29, 1.82) is 0 Å². The maximum Gasteiger partial charge on any atom is 0.223 e. The summed E-state index contributed by atoms with van der Waals surface area (Å²) in [7, 11) is 0. The van der Waals surface area contributed by atoms with Crippen molar-refractivity contribution < 1.29 is 9.32 Å². The van der Waals surface area contributed by atoms with Crippen molar-refractivity contribution in [3.05, 3.63) is 29.3 Å². The van der Waals surface area contributed by atoms with Crippen molar-refractivity contribution in [2.75, 3.05) is 11.9 Å². The highest BCUT2D eigenvalue weighted by molar-refractivity contribution is 5.74. The molecule has 116 valence electrons. The minimum absolute atomic E-state index is 0.0483. The van der Waals surface area contributed by atoms with Crippen LogP contribution in [0.5, 0.6) is 0 Å². The minimum Gasteiger partial charge on any atom is -0.363 e. The Kier molecular flexibility index (Phi) is 3.74. The second-order valence-electron chi connectivity index (χ2n) is 5.33. The van der Waals surface area contributed by atoms with Crippen LogP contribution in [-0.2, 0) is 11.3 Å². The Labute approximate surface area is 127 Å². The van der Waals surface area contributed by atoms with Gasteiger partial charge in [-0.25, -0.2) is 9.97 Å². The van der Waals surface area contributed by atoms with Gasteiger partial charge in [0.25, 0.3) is 0 Å². The molecular formula is C14H18N6O2. The monoisotopic (exact) mass is 302 g/mol. The zero-order valence-corrected chi connectivity index (χ0v) is 12.8. The van der Waals surface area contributed by atoms with Crippen molar-refractivity contribution >= 4 is 11.7 Å². The molecule has 3 rings (SSSR count). The summed E-state index contributed by atoms with van der Waals surface area (Å²) in [6.07, 6.45) is 0.930. The molecule has 0 unspecified atom stereocenters. The molecule has 0 aromatic carbocycles. The Morgan fingerprint density at radius 1 is 1.41 bits per heavy atom. The van der Waals surface area contributed by atoms with Crippen LogP contribution >= 0.6 is 0 Å². The summed E-state index contributed by atoms with van der Waals surface area (Å²) in [5, 5.41) is 6.99. The molecule has 0 bridgehead atoms. The van der Waals surface area contributed by atoms with Gasteiger partial charge in [-0.3, -0.25) is 4.79 Å². The molecule has 1 aliphatic rings. The summed E-state index contributed by atoms with van der Waals surface area (Å²) >= 11 is 0. The number of nitrogens with zero attached hydrogens (tertiary/aromatic N) is 5. The highest BCUT2D eigenvalue weighted by atomic mass is 16.5. The van der Waals surface area contributed by atoms with Crippen molar-refractivity contribution in [1.82, 2.24) is 25.0 Å². The standard InChI is InChI=1S/C14H18N6O2/c1-8-16-11(12-4-5-20(12)10(3)21)6-13(17-8)15-7-14-18-9(2)22-19-14/h6,12H,4-5,7H2,1-3H3,(H,15,16,17)/t12-/m0/s1. The summed E-state index contributed by atoms with van der Waals surface area (Å²) in [6.45, 7) is 6.38. The van der Waals surface area contributed by atoms with Gasteiger partial charge in [0.15, 0.2) is 5.82 Å². The van der Waals surface area contributed by atoms with Gasteiger partial charge in [0.2, 0.25) is 11.8 Å². The number of anilines is 1. The van der Waals surface area contributed by atoms with Crippen LogP contribution in [0, 0.1) is 13.8 Å². The van der Waals surface area contributed by atoms with Crippen molar-refractivity contribution in [2.45, 2.75) is 39.8 Å². The second-order valence-corrected chi connectivity index (χ2v) is 5.33. The molecule has 1 N–H and O–H groups in total. The third kappa shape index (κ3) is 2.90. The maximum absolute atomic E-state index is 11.5. The fraction of sp³-hybridized carbons (Fsp3) is 0.500. The molecule has 0 spiro atoms. The van der Waals surface area contributed by atoms with Gasteiger partial charge in [-0.05, 0) is 13.3 Å². The molecule has 1 saturated heterocycles. The van der Waals surface area contributed by atoms with E-state index in [1.54, 1.807) is 13.8 Å². The van der Waals surface area contributed by atoms with Crippen LogP contribution in [0.15, 0.2) is 10.6 Å². The van der Waals surface area contributed by atoms with Gasteiger partial charge >= 0.3 is 0 Å². The summed E-state index contributed by atoms with van der Waals surface area (Å²) in [6, 6.07) is 1.92. The number of aromatic nitrogens is 4. The summed E-state index contributed by atoms with van der Waals surface area (Å²) in [4.78, 5) is 26.3. The minimum atomic E-state index is 0.0483. The molecule has 1 fully saturated rings. The van der Waals surface area contributed by atoms with E-state index < -0.39 is 0 Å². The molecule has 1 aliphatic heterocycles. The molecule has 0 aliphatic carbocycles. The van der Waals surface area contributed by atoms with E-state index in [-0.39, 0.29) is 11.9 Å². The van der Waals surface area contributed by atoms with Gasteiger partial charge in [0.1, 0.15) is 11.6 Å². The van der Waals surface area contributed by atoms with Gasteiger partial charge in [0.05, 0.1) is 18.3 Å². The topological polar surface area (TPSA) is 97.0 Å². The second kappa shape index (κ2) is 5.70. The van der Waals surface area contributed by atoms with Gasteiger partial charge in [-0.1, -0.05) is 5.16 Å². The Balaban J connectivity index is 1.74. The quantitative estimate of drug-likeness (QED) is 0.911. The number of likely N-dealkylation sites (tertiary alicyclic amines) is 1. The van der Waals surface area contributed by atoms with E-state index in [9.17, 15) is 4.79 Å². The predicted octanol–water partition coefficient (Wildman–Crippen LogP) is 1.38. The Morgan fingerprint density at radius 2 is 2.23 bits per heavy atom. The fourth-order valence-electron chi connectivity index (χ4n) is 2.51. The number of nitrogens with one attached hydrogen (secondary N) is 1. The van der Waals surface area contributed by atoms with Crippen LogP contribution in [0.3, 0.4) is 0 Å². The largest absolute Gasteiger partial charge is 0.363 e. The van der Waals surface area contributed by atoms with E-state index in [0.717, 1.165) is 18.7 Å². The first-order valence-electron chi connectivity index (χ1n) is 7.19. The van der Waals surface area contributed by atoms with Crippen molar-refractivity contribution in [3.63, 3.8) is 0 Å². The molecule has 8 heteroatoms. The van der Waals surface area contributed by atoms with Crippen LogP contribution in [0.25, 0.3) is 0 Å². The van der Waals surface area contributed by atoms with E-state index in [1.165, 1.54) is 0 Å². The summed E-state index contributed by atoms with van der Waals surface area (Å²) in [5.74, 6) is 2.54. The van der Waals surface area contributed by atoms with Gasteiger partial charge in [-0.2, -0.15) is 4.98 Å². The first-order valence-corrected chi connectivity index (χ1v) is 7.19. The highest BCUT2D eigenvalue weighted by Gasteiger charge is 2.32. The first-order chi connectivity index (χ1) is 10.5. The lowest BCUT2D eigenvalue weighted by Crippen LogP contribution is -2.44. The Bertz CT molecular complexity index is 698. The Hall–Kier alpha value is -2.51. The SMILES string of the molecule is CC(=O)N1CC[C@H]1c1cc(NCc2noc(C)n2)nc(C)n1. The predicted molar refractivity (Wildman–Crippen MR) is 77.9 cm³/mol. The van der Waals surface area contributed by atoms with E-state index in [1.807, 2.05) is 17.9 Å². The third-order valence-electron chi connectivity index (χ3n) is 3.62. The number of hydrogen-bond acceptors (Lipinski definition) is 7. The zero-order valence-electron chi connectivity index (χ0n) is 12.8. The maximum atomic E-state index is 11.5. The fourth-order valence-corrected chi connectivity index (χ4v) is 2.51. The third-order valence-corrected chi connectivity index (χ3v) is 3.62. The molecule has 1 atom stereocenters. The number of hydrogen-bond donors (Lipinski definition) is 1. The van der Waals surface area contributed by atoms with E-state index in [4.69, 9.17) is 4.52 Å². The number of carbonyl (C=O) groups excluding carboxylic acids is 1. The zero-order chi connectivity index (χ0) is 15.7. The smallest absolute Gasteiger partial charge is 0.223 e. The lowest BCUT2D eigenvalue weighted by Gasteiger charge is -2.40. The summed E-state index contributed by atoms with van der Waals surface area (Å²) in [5.41, 5.74) is 0.862. The molecule has 22 heavy (non-hydrogen) atoms. The molecule has 0 radical (unpaired) electrons. The first kappa shape index (κ1) is 14.4. The molecular weight excluding hydrogens is 284 g/mol. The van der Waals surface area contributed by atoms with Gasteiger partial charge in [0, 0.05) is 26.5 Å². The molecule has 1 amide bonds. The lowest BCUT2D eigenvalue weighted by molar-refractivity contribution is -0.136. The Morgan fingerprint density at radius 3 is 2.82 bits per heavy atom. The van der Waals surface area contributed by atoms with Crippen LogP contribution in [-0.4, -0.2) is 37.5 Å². The number of aryl methyl sites for hydroxylation is 2. The highest BCUT2D eigenvalue weighted by Crippen LogP contribution is 2.32. The number of rotatable bonds is 4.